The Morgan fingerprint density at radius 2 is 1.59 bits per heavy atom. The number of halogens is 3. The van der Waals surface area contributed by atoms with Gasteiger partial charge in [-0.25, -0.2) is 9.18 Å². The van der Waals surface area contributed by atoms with Crippen LogP contribution in [0.5, 0.6) is 11.5 Å². The summed E-state index contributed by atoms with van der Waals surface area (Å²) in [6.07, 6.45) is 1.47. The fourth-order valence-corrected chi connectivity index (χ4v) is 2.18. The predicted molar refractivity (Wildman–Crippen MR) is 94.4 cm³/mol. The monoisotopic (exact) mass is 382 g/mol. The van der Waals surface area contributed by atoms with Crippen molar-refractivity contribution in [1.82, 2.24) is 10.6 Å². The van der Waals surface area contributed by atoms with Crippen LogP contribution in [0, 0.1) is 5.82 Å². The van der Waals surface area contributed by atoms with E-state index < -0.39 is 6.61 Å². The molecule has 5 nitrogen and oxygen atoms in total. The first-order chi connectivity index (χ1) is 13.0. The number of alkyl halides is 2. The van der Waals surface area contributed by atoms with Gasteiger partial charge in [0.25, 0.3) is 0 Å². The Kier molecular flexibility index (Phi) is 8.28. The van der Waals surface area contributed by atoms with E-state index in [0.717, 1.165) is 18.4 Å². The summed E-state index contributed by atoms with van der Waals surface area (Å²) < 4.78 is 46.6. The van der Waals surface area contributed by atoms with Gasteiger partial charge in [-0.15, -0.1) is 0 Å². The van der Waals surface area contributed by atoms with Crippen LogP contribution in [0.4, 0.5) is 18.0 Å². The van der Waals surface area contributed by atoms with E-state index in [1.165, 1.54) is 24.3 Å². The number of ether oxygens (including phenoxy) is 2. The van der Waals surface area contributed by atoms with Crippen molar-refractivity contribution in [2.75, 3.05) is 13.2 Å². The van der Waals surface area contributed by atoms with Crippen molar-refractivity contribution in [3.63, 3.8) is 0 Å². The Bertz CT molecular complexity index is 694. The molecule has 0 fully saturated rings. The molecule has 0 saturated carbocycles. The van der Waals surface area contributed by atoms with Gasteiger partial charge in [0.2, 0.25) is 0 Å². The highest BCUT2D eigenvalue weighted by Crippen LogP contribution is 2.14. The maximum absolute atomic E-state index is 12.8. The number of urea groups is 1. The molecule has 2 aromatic rings. The molecule has 2 rings (SSSR count). The lowest BCUT2D eigenvalue weighted by Gasteiger charge is -2.09. The van der Waals surface area contributed by atoms with Crippen LogP contribution in [0.3, 0.4) is 0 Å². The maximum atomic E-state index is 12.8. The summed E-state index contributed by atoms with van der Waals surface area (Å²) in [7, 11) is 0. The molecule has 27 heavy (non-hydrogen) atoms. The summed E-state index contributed by atoms with van der Waals surface area (Å²) in [6, 6.07) is 11.5. The second kappa shape index (κ2) is 10.9. The maximum Gasteiger partial charge on any atom is 0.387 e. The molecule has 0 aliphatic heterocycles. The average molecular weight is 382 g/mol. The summed E-state index contributed by atoms with van der Waals surface area (Å²) in [6.45, 7) is -1.63. The van der Waals surface area contributed by atoms with Crippen molar-refractivity contribution in [1.29, 1.82) is 0 Å². The second-order valence-electron chi connectivity index (χ2n) is 5.64. The zero-order chi connectivity index (χ0) is 19.5. The topological polar surface area (TPSA) is 59.6 Å². The van der Waals surface area contributed by atoms with E-state index in [0.29, 0.717) is 18.9 Å². The van der Waals surface area contributed by atoms with Crippen molar-refractivity contribution < 1.29 is 27.4 Å². The van der Waals surface area contributed by atoms with Crippen LogP contribution in [0.25, 0.3) is 0 Å². The third kappa shape index (κ3) is 8.35. The van der Waals surface area contributed by atoms with Gasteiger partial charge in [0, 0.05) is 13.1 Å². The van der Waals surface area contributed by atoms with E-state index in [-0.39, 0.29) is 24.1 Å². The quantitative estimate of drug-likeness (QED) is 0.609. The molecule has 0 atom stereocenters. The van der Waals surface area contributed by atoms with Crippen molar-refractivity contribution in [2.45, 2.75) is 26.0 Å². The fourth-order valence-electron chi connectivity index (χ4n) is 2.18. The summed E-state index contributed by atoms with van der Waals surface area (Å²) in [5.74, 6) is 0.364. The lowest BCUT2D eigenvalue weighted by atomic mass is 10.2. The molecule has 0 aliphatic rings. The number of hydrogen-bond donors (Lipinski definition) is 2. The summed E-state index contributed by atoms with van der Waals surface area (Å²) >= 11 is 0. The minimum absolute atomic E-state index is 0.0704. The number of hydrogen-bond acceptors (Lipinski definition) is 3. The van der Waals surface area contributed by atoms with Crippen molar-refractivity contribution in [3.8, 4) is 11.5 Å². The molecule has 0 bridgehead atoms. The highest BCUT2D eigenvalue weighted by atomic mass is 19.3. The molecular formula is C19H21F3N2O3. The number of nitrogens with one attached hydrogen (secondary N) is 2. The van der Waals surface area contributed by atoms with E-state index >= 15 is 0 Å². The van der Waals surface area contributed by atoms with E-state index in [1.807, 2.05) is 0 Å². The Morgan fingerprint density at radius 1 is 0.926 bits per heavy atom. The lowest BCUT2D eigenvalue weighted by molar-refractivity contribution is -0.0498. The van der Waals surface area contributed by atoms with Crippen LogP contribution in [0.2, 0.25) is 0 Å². The Labute approximate surface area is 155 Å². The van der Waals surface area contributed by atoms with Crippen LogP contribution in [0.15, 0.2) is 48.5 Å². The Hall–Kier alpha value is -2.90. The van der Waals surface area contributed by atoms with Crippen LogP contribution in [0.1, 0.15) is 18.4 Å². The fraction of sp³-hybridized carbons (Fsp3) is 0.316. The van der Waals surface area contributed by atoms with Gasteiger partial charge in [0.15, 0.2) is 0 Å². The first kappa shape index (κ1) is 20.4. The molecular weight excluding hydrogens is 361 g/mol. The number of benzene rings is 2. The molecule has 8 heteroatoms. The molecule has 0 unspecified atom stereocenters. The Morgan fingerprint density at radius 3 is 2.26 bits per heavy atom. The minimum Gasteiger partial charge on any atom is -0.494 e. The van der Waals surface area contributed by atoms with E-state index in [1.54, 1.807) is 24.3 Å². The summed E-state index contributed by atoms with van der Waals surface area (Å²) in [5, 5.41) is 5.39. The van der Waals surface area contributed by atoms with Crippen LogP contribution < -0.4 is 20.1 Å². The highest BCUT2D eigenvalue weighted by molar-refractivity contribution is 5.73. The highest BCUT2D eigenvalue weighted by Gasteiger charge is 2.04. The first-order valence-electron chi connectivity index (χ1n) is 8.47. The molecule has 0 heterocycles. The third-order valence-corrected chi connectivity index (χ3v) is 3.54. The minimum atomic E-state index is -2.86. The zero-order valence-electron chi connectivity index (χ0n) is 14.6. The van der Waals surface area contributed by atoms with E-state index in [2.05, 4.69) is 15.4 Å². The average Bonchev–Trinajstić information content (AvgIpc) is 2.65. The molecule has 0 radical (unpaired) electrons. The summed E-state index contributed by atoms with van der Waals surface area (Å²) in [4.78, 5) is 11.7. The van der Waals surface area contributed by atoms with Crippen LogP contribution in [-0.4, -0.2) is 25.8 Å². The zero-order valence-corrected chi connectivity index (χ0v) is 14.6. The van der Waals surface area contributed by atoms with Gasteiger partial charge in [0.05, 0.1) is 6.61 Å². The number of unbranched alkanes of at least 4 members (excludes halogenated alkanes) is 1. The third-order valence-electron chi connectivity index (χ3n) is 3.54. The molecule has 2 amide bonds. The van der Waals surface area contributed by atoms with Gasteiger partial charge in [-0.3, -0.25) is 0 Å². The molecule has 0 aromatic heterocycles. The second-order valence-corrected chi connectivity index (χ2v) is 5.64. The standard InChI is InChI=1S/C19H21F3N2O3/c20-15-5-9-16(10-6-15)26-12-2-1-11-23-19(25)24-13-14-3-7-17(8-4-14)27-18(21)22/h3-10,18H,1-2,11-13H2,(H2,23,24,25). The molecule has 146 valence electrons. The van der Waals surface area contributed by atoms with Gasteiger partial charge in [0.1, 0.15) is 17.3 Å². The van der Waals surface area contributed by atoms with Gasteiger partial charge in [-0.2, -0.15) is 8.78 Å². The largest absolute Gasteiger partial charge is 0.494 e. The van der Waals surface area contributed by atoms with Gasteiger partial charge < -0.3 is 20.1 Å². The van der Waals surface area contributed by atoms with Gasteiger partial charge >= 0.3 is 12.6 Å². The lowest BCUT2D eigenvalue weighted by Crippen LogP contribution is -2.35. The van der Waals surface area contributed by atoms with Crippen molar-refractivity contribution in [3.05, 3.63) is 59.9 Å². The van der Waals surface area contributed by atoms with Crippen LogP contribution >= 0.6 is 0 Å². The molecule has 0 saturated heterocycles. The first-order valence-corrected chi connectivity index (χ1v) is 8.47. The molecule has 2 aromatic carbocycles. The van der Waals surface area contributed by atoms with Crippen molar-refractivity contribution >= 4 is 6.03 Å². The molecule has 0 spiro atoms. The number of rotatable bonds is 10. The number of amides is 2. The van der Waals surface area contributed by atoms with Gasteiger partial charge in [-0.05, 0) is 54.8 Å². The SMILES string of the molecule is O=C(NCCCCOc1ccc(F)cc1)NCc1ccc(OC(F)F)cc1. The predicted octanol–water partition coefficient (Wildman–Crippen LogP) is 4.09. The normalized spacial score (nSPS) is 10.5. The van der Waals surface area contributed by atoms with Crippen molar-refractivity contribution in [2.24, 2.45) is 0 Å². The Balaban J connectivity index is 1.53. The molecule has 2 N–H and O–H groups in total. The smallest absolute Gasteiger partial charge is 0.387 e. The van der Waals surface area contributed by atoms with E-state index in [4.69, 9.17) is 4.74 Å². The van der Waals surface area contributed by atoms with Gasteiger partial charge in [-0.1, -0.05) is 12.1 Å². The van der Waals surface area contributed by atoms with Crippen LogP contribution in [-0.2, 0) is 6.54 Å². The molecule has 0 aliphatic carbocycles. The number of carbonyl (C=O) groups is 1. The number of carbonyl (C=O) groups excluding carboxylic acids is 1. The summed E-state index contributed by atoms with van der Waals surface area (Å²) in [5.41, 5.74) is 0.763. The van der Waals surface area contributed by atoms with E-state index in [9.17, 15) is 18.0 Å².